The van der Waals surface area contributed by atoms with Crippen LogP contribution in [-0.4, -0.2) is 9.55 Å². The van der Waals surface area contributed by atoms with Crippen LogP contribution in [0, 0.1) is 0 Å². The minimum atomic E-state index is -0.455. The molecule has 2 spiro atoms. The topological polar surface area (TPSA) is 17.8 Å². The molecule has 4 aliphatic carbocycles. The third-order valence-electron chi connectivity index (χ3n) is 19.2. The minimum Gasteiger partial charge on any atom is -0.292 e. The van der Waals surface area contributed by atoms with Gasteiger partial charge in [0.1, 0.15) is 5.82 Å². The van der Waals surface area contributed by atoms with Crippen LogP contribution in [0.4, 0.5) is 0 Å². The van der Waals surface area contributed by atoms with Gasteiger partial charge in [-0.3, -0.25) is 4.57 Å². The number of hydrogen-bond acceptors (Lipinski definition) is 2. The van der Waals surface area contributed by atoms with Gasteiger partial charge >= 0.3 is 0 Å². The summed E-state index contributed by atoms with van der Waals surface area (Å²) in [5, 5.41) is 2.52. The first kappa shape index (κ1) is 46.2. The van der Waals surface area contributed by atoms with Crippen molar-refractivity contribution in [2.45, 2.75) is 10.8 Å². The molecule has 2 aromatic heterocycles. The Balaban J connectivity index is 0.837. The molecule has 13 aromatic carbocycles. The largest absolute Gasteiger partial charge is 0.292 e. The van der Waals surface area contributed by atoms with Crippen LogP contribution in [-0.2, 0) is 10.8 Å². The van der Waals surface area contributed by atoms with Crippen LogP contribution in [0.2, 0.25) is 0 Å². The van der Waals surface area contributed by atoms with Gasteiger partial charge in [-0.05, 0) is 184 Å². The van der Waals surface area contributed by atoms with E-state index in [-0.39, 0.29) is 0 Å². The van der Waals surface area contributed by atoms with Gasteiger partial charge in [0.25, 0.3) is 0 Å². The second kappa shape index (κ2) is 17.1. The molecule has 0 radical (unpaired) electrons. The van der Waals surface area contributed by atoms with E-state index in [2.05, 4.69) is 296 Å². The van der Waals surface area contributed by atoms with Crippen LogP contribution in [0.1, 0.15) is 44.5 Å². The molecule has 19 rings (SSSR count). The van der Waals surface area contributed by atoms with Gasteiger partial charge in [0.2, 0.25) is 0 Å². The lowest BCUT2D eigenvalue weighted by molar-refractivity contribution is 0.794. The predicted octanol–water partition coefficient (Wildman–Crippen LogP) is 20.7. The summed E-state index contributed by atoms with van der Waals surface area (Å²) >= 11 is 1.90. The van der Waals surface area contributed by atoms with Crippen molar-refractivity contribution >= 4 is 42.5 Å². The summed E-state index contributed by atoms with van der Waals surface area (Å²) in [6, 6.07) is 110. The average molecular weight is 1080 g/mol. The van der Waals surface area contributed by atoms with E-state index in [1.54, 1.807) is 0 Å². The molecule has 0 fully saturated rings. The summed E-state index contributed by atoms with van der Waals surface area (Å²) in [4.78, 5) is 5.36. The maximum absolute atomic E-state index is 5.36. The number of nitrogens with zero attached hydrogens (tertiary/aromatic N) is 2. The molecule has 0 saturated carbocycles. The van der Waals surface area contributed by atoms with Gasteiger partial charge in [0.05, 0.1) is 21.9 Å². The van der Waals surface area contributed by atoms with E-state index < -0.39 is 10.8 Å². The standard InChI is InChI=1S/C81H48N2S/c1-2-21-55(22-3-1)83-76-36-17-16-35-75(76)82-79(83)53-20-18-19-52(43-53)64-45-54(51-38-41-63-61-28-9-15-34-72(61)81(74(63)48-51)69-31-12-6-25-58(69)59-26-7-13-32-70(59)81)46-66-65-44-49(39-42-77(65)84-78(64)66)50-37-40-62-60-27-8-14-33-71(60)80(73(62)47-50)67-29-10-4-23-56(67)57-24-5-11-30-68(57)80/h1-48H. The Labute approximate surface area is 490 Å². The van der Waals surface area contributed by atoms with Crippen molar-refractivity contribution in [3.8, 4) is 95.0 Å². The molecule has 0 atom stereocenters. The van der Waals surface area contributed by atoms with Gasteiger partial charge in [-0.15, -0.1) is 11.3 Å². The maximum Gasteiger partial charge on any atom is 0.145 e. The predicted molar refractivity (Wildman–Crippen MR) is 348 cm³/mol. The van der Waals surface area contributed by atoms with Crippen molar-refractivity contribution < 1.29 is 0 Å². The second-order valence-corrected chi connectivity index (χ2v) is 24.2. The lowest BCUT2D eigenvalue weighted by atomic mass is 9.70. The normalized spacial score (nSPS) is 13.9. The average Bonchev–Trinajstić information content (AvgIpc) is 2.53. The first-order valence-corrected chi connectivity index (χ1v) is 30.0. The molecule has 0 bridgehead atoms. The van der Waals surface area contributed by atoms with Crippen molar-refractivity contribution in [1.29, 1.82) is 0 Å². The van der Waals surface area contributed by atoms with E-state index >= 15 is 0 Å². The molecule has 2 heterocycles. The first-order chi connectivity index (χ1) is 41.6. The van der Waals surface area contributed by atoms with Crippen LogP contribution in [0.25, 0.3) is 126 Å². The Bertz CT molecular complexity index is 5220. The third-order valence-corrected chi connectivity index (χ3v) is 20.5. The summed E-state index contributed by atoms with van der Waals surface area (Å²) in [6.45, 7) is 0. The number of rotatable bonds is 5. The molecule has 388 valence electrons. The number of thiophene rings is 1. The molecule has 4 aliphatic rings. The minimum absolute atomic E-state index is 0.421. The fourth-order valence-corrected chi connectivity index (χ4v) is 17.1. The Morgan fingerprint density at radius 1 is 0.274 bits per heavy atom. The number of para-hydroxylation sites is 3. The number of fused-ring (bicyclic) bond motifs is 24. The van der Waals surface area contributed by atoms with Crippen molar-refractivity contribution in [3.63, 3.8) is 0 Å². The Kier molecular flexibility index (Phi) is 9.38. The van der Waals surface area contributed by atoms with Crippen LogP contribution in [0.5, 0.6) is 0 Å². The van der Waals surface area contributed by atoms with Gasteiger partial charge < -0.3 is 0 Å². The molecule has 0 aliphatic heterocycles. The van der Waals surface area contributed by atoms with E-state index in [4.69, 9.17) is 4.98 Å². The molecular formula is C81H48N2S. The van der Waals surface area contributed by atoms with Gasteiger partial charge in [0, 0.05) is 37.0 Å². The highest BCUT2D eigenvalue weighted by molar-refractivity contribution is 7.26. The van der Waals surface area contributed by atoms with E-state index in [0.717, 1.165) is 33.7 Å². The molecule has 0 N–H and O–H groups in total. The molecule has 3 heteroatoms. The summed E-state index contributed by atoms with van der Waals surface area (Å²) in [5.41, 5.74) is 31.8. The van der Waals surface area contributed by atoms with Crippen molar-refractivity contribution in [3.05, 3.63) is 336 Å². The van der Waals surface area contributed by atoms with E-state index in [9.17, 15) is 0 Å². The molecule has 84 heavy (non-hydrogen) atoms. The molecule has 0 saturated heterocycles. The molecule has 0 unspecified atom stereocenters. The number of imidazole rings is 1. The monoisotopic (exact) mass is 1080 g/mol. The fourth-order valence-electron chi connectivity index (χ4n) is 15.9. The first-order valence-electron chi connectivity index (χ1n) is 29.2. The lowest BCUT2D eigenvalue weighted by Crippen LogP contribution is -2.25. The van der Waals surface area contributed by atoms with Gasteiger partial charge in [-0.2, -0.15) is 0 Å². The Morgan fingerprint density at radius 2 is 0.702 bits per heavy atom. The van der Waals surface area contributed by atoms with Gasteiger partial charge in [-0.25, -0.2) is 4.98 Å². The SMILES string of the molecule is c1ccc(-n2c(-c3cccc(-c4cc(-c5ccc6c(c5)C5(c7ccccc7-c7ccccc75)c5ccccc5-6)cc5c4sc4ccc(-c6ccc7c(c6)C6(c8ccccc8-c8ccccc86)c6ccccc6-7)cc45)c3)nc3ccccc32)cc1. The highest BCUT2D eigenvalue weighted by Gasteiger charge is 2.53. The lowest BCUT2D eigenvalue weighted by Gasteiger charge is -2.30. The summed E-state index contributed by atoms with van der Waals surface area (Å²) in [7, 11) is 0. The number of benzene rings is 13. The fraction of sp³-hybridized carbons (Fsp3) is 0.0247. The van der Waals surface area contributed by atoms with Gasteiger partial charge in [0.15, 0.2) is 0 Å². The quantitative estimate of drug-likeness (QED) is 0.168. The van der Waals surface area contributed by atoms with E-state index in [1.807, 2.05) is 11.3 Å². The van der Waals surface area contributed by atoms with Crippen LogP contribution >= 0.6 is 11.3 Å². The number of hydrogen-bond donors (Lipinski definition) is 0. The molecule has 2 nitrogen and oxygen atoms in total. The van der Waals surface area contributed by atoms with Crippen molar-refractivity contribution in [2.24, 2.45) is 0 Å². The zero-order chi connectivity index (χ0) is 54.8. The van der Waals surface area contributed by atoms with Crippen LogP contribution < -0.4 is 0 Å². The van der Waals surface area contributed by atoms with E-state index in [1.165, 1.54) is 137 Å². The summed E-state index contributed by atoms with van der Waals surface area (Å²) < 4.78 is 4.84. The molecule has 0 amide bonds. The Hall–Kier alpha value is -10.5. The highest BCUT2D eigenvalue weighted by atomic mass is 32.1. The van der Waals surface area contributed by atoms with Crippen molar-refractivity contribution in [2.75, 3.05) is 0 Å². The summed E-state index contributed by atoms with van der Waals surface area (Å²) in [5.74, 6) is 0.919. The molecular weight excluding hydrogens is 1030 g/mol. The second-order valence-electron chi connectivity index (χ2n) is 23.2. The highest BCUT2D eigenvalue weighted by Crippen LogP contribution is 2.65. The smallest absolute Gasteiger partial charge is 0.145 e. The zero-order valence-electron chi connectivity index (χ0n) is 45.5. The van der Waals surface area contributed by atoms with Crippen LogP contribution in [0.3, 0.4) is 0 Å². The van der Waals surface area contributed by atoms with Crippen molar-refractivity contribution in [1.82, 2.24) is 9.55 Å². The number of aromatic nitrogens is 2. The Morgan fingerprint density at radius 3 is 1.25 bits per heavy atom. The zero-order valence-corrected chi connectivity index (χ0v) is 46.3. The summed E-state index contributed by atoms with van der Waals surface area (Å²) in [6.07, 6.45) is 0. The molecule has 15 aromatic rings. The maximum atomic E-state index is 5.36. The van der Waals surface area contributed by atoms with Crippen LogP contribution in [0.15, 0.2) is 291 Å². The van der Waals surface area contributed by atoms with E-state index in [0.29, 0.717) is 0 Å². The third kappa shape index (κ3) is 6.00. The van der Waals surface area contributed by atoms with Gasteiger partial charge in [-0.1, -0.05) is 224 Å².